The SMILES string of the molecule is C=CC(Cn1c(I)cc2c(Cl)ncnc21)NC(=O)O. The number of amides is 1. The Morgan fingerprint density at radius 1 is 1.68 bits per heavy atom. The molecule has 0 spiro atoms. The van der Waals surface area contributed by atoms with Gasteiger partial charge >= 0.3 is 6.09 Å². The fourth-order valence-electron chi connectivity index (χ4n) is 1.71. The minimum absolute atomic E-state index is 0.378. The quantitative estimate of drug-likeness (QED) is 0.476. The van der Waals surface area contributed by atoms with Gasteiger partial charge in [-0.2, -0.15) is 0 Å². The van der Waals surface area contributed by atoms with Crippen molar-refractivity contribution >= 4 is 51.3 Å². The molecule has 0 aliphatic carbocycles. The Hall–Kier alpha value is -1.35. The lowest BCUT2D eigenvalue weighted by Gasteiger charge is -2.14. The predicted octanol–water partition coefficient (Wildman–Crippen LogP) is 2.51. The highest BCUT2D eigenvalue weighted by Gasteiger charge is 2.15. The van der Waals surface area contributed by atoms with Gasteiger partial charge in [0, 0.05) is 6.54 Å². The van der Waals surface area contributed by atoms with Crippen LogP contribution in [-0.4, -0.2) is 31.8 Å². The molecule has 2 rings (SSSR count). The number of hydrogen-bond donors (Lipinski definition) is 2. The van der Waals surface area contributed by atoms with E-state index in [1.807, 2.05) is 10.6 Å². The standard InChI is InChI=1S/C11H10ClIN4O2/c1-2-6(16-11(18)19)4-17-8(13)3-7-9(12)14-5-15-10(7)17/h2-3,5-6,16H,1,4H2,(H,18,19). The summed E-state index contributed by atoms with van der Waals surface area (Å²) in [6, 6.07) is 1.45. The van der Waals surface area contributed by atoms with Crippen LogP contribution in [0.25, 0.3) is 11.0 Å². The van der Waals surface area contributed by atoms with Gasteiger partial charge in [-0.05, 0) is 28.7 Å². The van der Waals surface area contributed by atoms with Crippen LogP contribution in [0.15, 0.2) is 25.0 Å². The van der Waals surface area contributed by atoms with Gasteiger partial charge in [-0.1, -0.05) is 17.7 Å². The van der Waals surface area contributed by atoms with E-state index in [2.05, 4.69) is 44.5 Å². The summed E-state index contributed by atoms with van der Waals surface area (Å²) in [7, 11) is 0. The summed E-state index contributed by atoms with van der Waals surface area (Å²) < 4.78 is 2.76. The first kappa shape index (κ1) is 14.1. The van der Waals surface area contributed by atoms with Crippen LogP contribution in [0, 0.1) is 3.70 Å². The van der Waals surface area contributed by atoms with E-state index in [1.54, 1.807) is 6.08 Å². The van der Waals surface area contributed by atoms with Crippen LogP contribution in [0.5, 0.6) is 0 Å². The van der Waals surface area contributed by atoms with E-state index in [0.29, 0.717) is 17.3 Å². The third-order valence-corrected chi connectivity index (χ3v) is 3.76. The normalized spacial score (nSPS) is 12.3. The first-order chi connectivity index (χ1) is 9.02. The average molecular weight is 393 g/mol. The van der Waals surface area contributed by atoms with Crippen LogP contribution in [-0.2, 0) is 6.54 Å². The molecule has 0 aliphatic heterocycles. The highest BCUT2D eigenvalue weighted by atomic mass is 127. The Balaban J connectivity index is 2.39. The second-order valence-electron chi connectivity index (χ2n) is 3.77. The Labute approximate surface area is 127 Å². The lowest BCUT2D eigenvalue weighted by Crippen LogP contribution is -2.35. The van der Waals surface area contributed by atoms with Crippen molar-refractivity contribution in [3.63, 3.8) is 0 Å². The summed E-state index contributed by atoms with van der Waals surface area (Å²) in [5.41, 5.74) is 0.670. The summed E-state index contributed by atoms with van der Waals surface area (Å²) in [6.45, 7) is 4.02. The number of carbonyl (C=O) groups is 1. The van der Waals surface area contributed by atoms with Gasteiger partial charge < -0.3 is 15.0 Å². The summed E-state index contributed by atoms with van der Waals surface area (Å²) >= 11 is 8.14. The smallest absolute Gasteiger partial charge is 0.405 e. The van der Waals surface area contributed by atoms with Crippen LogP contribution in [0.2, 0.25) is 5.15 Å². The molecule has 2 N–H and O–H groups in total. The molecule has 0 radical (unpaired) electrons. The van der Waals surface area contributed by atoms with Gasteiger partial charge in [0.2, 0.25) is 0 Å². The van der Waals surface area contributed by atoms with Crippen LogP contribution in [0.1, 0.15) is 0 Å². The molecule has 1 amide bonds. The summed E-state index contributed by atoms with van der Waals surface area (Å²) in [5.74, 6) is 0. The second-order valence-corrected chi connectivity index (χ2v) is 5.23. The highest BCUT2D eigenvalue weighted by Crippen LogP contribution is 2.24. The predicted molar refractivity (Wildman–Crippen MR) is 80.4 cm³/mol. The molecule has 0 saturated carbocycles. The molecule has 0 fully saturated rings. The monoisotopic (exact) mass is 392 g/mol. The van der Waals surface area contributed by atoms with Crippen LogP contribution in [0.4, 0.5) is 4.79 Å². The van der Waals surface area contributed by atoms with Gasteiger partial charge in [0.25, 0.3) is 0 Å². The largest absolute Gasteiger partial charge is 0.465 e. The topological polar surface area (TPSA) is 80.0 Å². The molecular weight excluding hydrogens is 383 g/mol. The number of rotatable bonds is 4. The molecule has 1 unspecified atom stereocenters. The van der Waals surface area contributed by atoms with Gasteiger partial charge in [-0.25, -0.2) is 14.8 Å². The van der Waals surface area contributed by atoms with Crippen molar-refractivity contribution in [3.05, 3.63) is 33.9 Å². The summed E-state index contributed by atoms with van der Waals surface area (Å²) in [4.78, 5) is 18.8. The molecule has 0 aromatic carbocycles. The molecule has 2 aromatic heterocycles. The third kappa shape index (κ3) is 2.98. The number of nitrogens with one attached hydrogen (secondary N) is 1. The van der Waals surface area contributed by atoms with Crippen molar-refractivity contribution in [2.45, 2.75) is 12.6 Å². The number of hydrogen-bond acceptors (Lipinski definition) is 3. The fourth-order valence-corrected chi connectivity index (χ4v) is 2.63. The molecule has 19 heavy (non-hydrogen) atoms. The van der Waals surface area contributed by atoms with Crippen molar-refractivity contribution in [2.24, 2.45) is 0 Å². The molecule has 8 heteroatoms. The molecule has 6 nitrogen and oxygen atoms in total. The van der Waals surface area contributed by atoms with Gasteiger partial charge in [0.05, 0.1) is 15.1 Å². The van der Waals surface area contributed by atoms with Crippen molar-refractivity contribution in [3.8, 4) is 0 Å². The number of fused-ring (bicyclic) bond motifs is 1. The maximum Gasteiger partial charge on any atom is 0.405 e. The molecule has 0 aliphatic rings. The minimum Gasteiger partial charge on any atom is -0.465 e. The molecule has 2 aromatic rings. The van der Waals surface area contributed by atoms with E-state index >= 15 is 0 Å². The van der Waals surface area contributed by atoms with E-state index in [4.69, 9.17) is 16.7 Å². The average Bonchev–Trinajstić information content (AvgIpc) is 2.67. The van der Waals surface area contributed by atoms with Crippen LogP contribution in [0.3, 0.4) is 0 Å². The number of halogens is 2. The number of nitrogens with zero attached hydrogens (tertiary/aromatic N) is 3. The van der Waals surface area contributed by atoms with E-state index in [0.717, 1.165) is 9.09 Å². The van der Waals surface area contributed by atoms with Crippen molar-refractivity contribution < 1.29 is 9.90 Å². The Morgan fingerprint density at radius 3 is 3.05 bits per heavy atom. The Bertz CT molecular complexity index is 643. The van der Waals surface area contributed by atoms with Crippen molar-refractivity contribution in [1.29, 1.82) is 0 Å². The molecule has 0 saturated heterocycles. The van der Waals surface area contributed by atoms with Gasteiger partial charge in [-0.15, -0.1) is 6.58 Å². The fraction of sp³-hybridized carbons (Fsp3) is 0.182. The number of carboxylic acid groups (broad SMARTS) is 1. The zero-order valence-electron chi connectivity index (χ0n) is 9.68. The molecular formula is C11H10ClIN4O2. The zero-order chi connectivity index (χ0) is 14.0. The van der Waals surface area contributed by atoms with Crippen LogP contribution < -0.4 is 5.32 Å². The molecule has 0 bridgehead atoms. The van der Waals surface area contributed by atoms with E-state index in [1.165, 1.54) is 6.33 Å². The van der Waals surface area contributed by atoms with Crippen LogP contribution >= 0.6 is 34.2 Å². The van der Waals surface area contributed by atoms with Crippen molar-refractivity contribution in [1.82, 2.24) is 19.9 Å². The Morgan fingerprint density at radius 2 is 2.42 bits per heavy atom. The third-order valence-electron chi connectivity index (χ3n) is 2.56. The van der Waals surface area contributed by atoms with E-state index < -0.39 is 12.1 Å². The van der Waals surface area contributed by atoms with Gasteiger partial charge in [0.15, 0.2) is 0 Å². The lowest BCUT2D eigenvalue weighted by atomic mass is 10.3. The van der Waals surface area contributed by atoms with E-state index in [9.17, 15) is 4.79 Å². The van der Waals surface area contributed by atoms with E-state index in [-0.39, 0.29) is 0 Å². The molecule has 1 atom stereocenters. The highest BCUT2D eigenvalue weighted by molar-refractivity contribution is 14.1. The minimum atomic E-state index is -1.09. The van der Waals surface area contributed by atoms with Gasteiger partial charge in [-0.3, -0.25) is 0 Å². The van der Waals surface area contributed by atoms with Gasteiger partial charge in [0.1, 0.15) is 17.1 Å². The first-order valence-corrected chi connectivity index (χ1v) is 6.76. The maximum absolute atomic E-state index is 10.7. The molecule has 2 heterocycles. The second kappa shape index (κ2) is 5.74. The van der Waals surface area contributed by atoms with Crippen molar-refractivity contribution in [2.75, 3.05) is 0 Å². The lowest BCUT2D eigenvalue weighted by molar-refractivity contribution is 0.191. The maximum atomic E-state index is 10.7. The zero-order valence-corrected chi connectivity index (χ0v) is 12.6. The Kier molecular flexibility index (Phi) is 4.25. The molecule has 100 valence electrons. The number of aromatic nitrogens is 3. The summed E-state index contributed by atoms with van der Waals surface area (Å²) in [6.07, 6.45) is 1.83. The first-order valence-electron chi connectivity index (χ1n) is 5.30. The summed E-state index contributed by atoms with van der Waals surface area (Å²) in [5, 5.41) is 12.2.